The first-order chi connectivity index (χ1) is 8.97. The number of halogens is 3. The predicted molar refractivity (Wildman–Crippen MR) is 81.3 cm³/mol. The van der Waals surface area contributed by atoms with E-state index in [4.69, 9.17) is 16.7 Å². The van der Waals surface area contributed by atoms with Crippen LogP contribution in [0.1, 0.15) is 10.4 Å². The fourth-order valence-electron chi connectivity index (χ4n) is 1.40. The second-order valence-corrected chi connectivity index (χ2v) is 5.78. The molecule has 0 bridgehead atoms. The van der Waals surface area contributed by atoms with E-state index < -0.39 is 5.97 Å². The maximum Gasteiger partial charge on any atom is 0.337 e. The lowest BCUT2D eigenvalue weighted by atomic mass is 10.2. The van der Waals surface area contributed by atoms with Gasteiger partial charge in [-0.1, -0.05) is 27.5 Å². The van der Waals surface area contributed by atoms with Gasteiger partial charge in [0.1, 0.15) is 5.82 Å². The molecule has 98 valence electrons. The lowest BCUT2D eigenvalue weighted by molar-refractivity contribution is 0.0697. The Morgan fingerprint density at radius 2 is 2.05 bits per heavy atom. The summed E-state index contributed by atoms with van der Waals surface area (Å²) in [4.78, 5) is 15.0. The molecule has 2 aromatic rings. The summed E-state index contributed by atoms with van der Waals surface area (Å²) < 4.78 is 1.76. The number of benzene rings is 1. The van der Waals surface area contributed by atoms with Crippen molar-refractivity contribution in [2.24, 2.45) is 0 Å². The molecule has 2 N–H and O–H groups in total. The zero-order valence-electron chi connectivity index (χ0n) is 9.32. The molecule has 19 heavy (non-hydrogen) atoms. The molecular weight excluding hydrogens is 399 g/mol. The highest BCUT2D eigenvalue weighted by molar-refractivity contribution is 9.11. The molecule has 7 heteroatoms. The third kappa shape index (κ3) is 3.46. The Labute approximate surface area is 131 Å². The highest BCUT2D eigenvalue weighted by Crippen LogP contribution is 2.29. The Bertz CT molecular complexity index is 650. The Morgan fingerprint density at radius 1 is 1.32 bits per heavy atom. The summed E-state index contributed by atoms with van der Waals surface area (Å²) in [6, 6.07) is 6.96. The zero-order valence-corrected chi connectivity index (χ0v) is 13.3. The number of anilines is 2. The zero-order chi connectivity index (χ0) is 14.0. The second-order valence-electron chi connectivity index (χ2n) is 3.60. The van der Waals surface area contributed by atoms with Crippen molar-refractivity contribution in [1.82, 2.24) is 4.98 Å². The molecule has 0 radical (unpaired) electrons. The Hall–Kier alpha value is -1.11. The molecule has 0 atom stereocenters. The Kier molecular flexibility index (Phi) is 4.44. The van der Waals surface area contributed by atoms with Gasteiger partial charge in [0.05, 0.1) is 16.3 Å². The van der Waals surface area contributed by atoms with E-state index >= 15 is 0 Å². The third-order valence-corrected chi connectivity index (χ3v) is 3.73. The minimum absolute atomic E-state index is 0.00685. The number of aromatic carboxylic acids is 1. The highest BCUT2D eigenvalue weighted by atomic mass is 79.9. The number of carboxylic acid groups (broad SMARTS) is 1. The van der Waals surface area contributed by atoms with E-state index in [-0.39, 0.29) is 10.6 Å². The number of carboxylic acids is 1. The van der Waals surface area contributed by atoms with Crippen LogP contribution in [0.15, 0.2) is 39.4 Å². The molecule has 0 unspecified atom stereocenters. The van der Waals surface area contributed by atoms with Gasteiger partial charge in [0, 0.05) is 15.1 Å². The van der Waals surface area contributed by atoms with Crippen LogP contribution in [0.2, 0.25) is 5.02 Å². The fraction of sp³-hybridized carbons (Fsp3) is 0. The van der Waals surface area contributed by atoms with E-state index in [0.29, 0.717) is 5.82 Å². The Balaban J connectivity index is 2.33. The van der Waals surface area contributed by atoms with Gasteiger partial charge in [-0.2, -0.15) is 0 Å². The van der Waals surface area contributed by atoms with Crippen LogP contribution in [0.4, 0.5) is 11.5 Å². The number of aromatic nitrogens is 1. The smallest absolute Gasteiger partial charge is 0.337 e. The quantitative estimate of drug-likeness (QED) is 0.776. The van der Waals surface area contributed by atoms with E-state index in [1.165, 1.54) is 12.3 Å². The minimum Gasteiger partial charge on any atom is -0.478 e. The van der Waals surface area contributed by atoms with E-state index in [9.17, 15) is 4.79 Å². The molecule has 1 heterocycles. The maximum atomic E-state index is 11.0. The van der Waals surface area contributed by atoms with Crippen LogP contribution in [-0.4, -0.2) is 16.1 Å². The maximum absolute atomic E-state index is 11.0. The lowest BCUT2D eigenvalue weighted by Crippen LogP contribution is -2.01. The van der Waals surface area contributed by atoms with Gasteiger partial charge in [-0.3, -0.25) is 0 Å². The molecular formula is C12H7Br2ClN2O2. The van der Waals surface area contributed by atoms with Crippen molar-refractivity contribution >= 4 is 60.9 Å². The van der Waals surface area contributed by atoms with Gasteiger partial charge >= 0.3 is 5.97 Å². The van der Waals surface area contributed by atoms with Crippen LogP contribution in [-0.2, 0) is 0 Å². The first kappa shape index (κ1) is 14.3. The molecule has 0 aliphatic rings. The minimum atomic E-state index is -1.09. The molecule has 4 nitrogen and oxygen atoms in total. The number of nitrogens with one attached hydrogen (secondary N) is 1. The van der Waals surface area contributed by atoms with Gasteiger partial charge in [0.15, 0.2) is 0 Å². The molecule has 0 spiro atoms. The summed E-state index contributed by atoms with van der Waals surface area (Å²) in [5, 5.41) is 12.1. The summed E-state index contributed by atoms with van der Waals surface area (Å²) >= 11 is 12.5. The van der Waals surface area contributed by atoms with Crippen molar-refractivity contribution in [3.8, 4) is 0 Å². The summed E-state index contributed by atoms with van der Waals surface area (Å²) in [6.45, 7) is 0. The fourth-order valence-corrected chi connectivity index (χ4v) is 2.73. The summed E-state index contributed by atoms with van der Waals surface area (Å²) in [7, 11) is 0. The first-order valence-corrected chi connectivity index (χ1v) is 7.04. The summed E-state index contributed by atoms with van der Waals surface area (Å²) in [6.07, 6.45) is 1.31. The predicted octanol–water partition coefficient (Wildman–Crippen LogP) is 4.70. The van der Waals surface area contributed by atoms with Gasteiger partial charge in [-0.15, -0.1) is 0 Å². The van der Waals surface area contributed by atoms with Crippen LogP contribution in [0.25, 0.3) is 0 Å². The van der Waals surface area contributed by atoms with Crippen LogP contribution in [0, 0.1) is 0 Å². The number of carbonyl (C=O) groups is 1. The summed E-state index contributed by atoms with van der Waals surface area (Å²) in [5.74, 6) is -0.685. The van der Waals surface area contributed by atoms with Crippen molar-refractivity contribution in [3.63, 3.8) is 0 Å². The first-order valence-electron chi connectivity index (χ1n) is 5.08. The van der Waals surface area contributed by atoms with E-state index in [1.807, 2.05) is 18.2 Å². The molecule has 1 aromatic heterocycles. The average molecular weight is 406 g/mol. The van der Waals surface area contributed by atoms with Crippen molar-refractivity contribution < 1.29 is 9.90 Å². The highest BCUT2D eigenvalue weighted by Gasteiger charge is 2.11. The van der Waals surface area contributed by atoms with Crippen molar-refractivity contribution in [1.29, 1.82) is 0 Å². The summed E-state index contributed by atoms with van der Waals surface area (Å²) in [5.41, 5.74) is 0.779. The van der Waals surface area contributed by atoms with Gasteiger partial charge in [-0.05, 0) is 40.2 Å². The van der Waals surface area contributed by atoms with E-state index in [0.717, 1.165) is 14.6 Å². The Morgan fingerprint density at radius 3 is 2.68 bits per heavy atom. The lowest BCUT2D eigenvalue weighted by Gasteiger charge is -2.09. The molecule has 0 aliphatic carbocycles. The van der Waals surface area contributed by atoms with Gasteiger partial charge in [0.25, 0.3) is 0 Å². The number of hydrogen-bond donors (Lipinski definition) is 2. The number of rotatable bonds is 3. The molecule has 0 fully saturated rings. The topological polar surface area (TPSA) is 62.2 Å². The molecule has 0 amide bonds. The average Bonchev–Trinajstić information content (AvgIpc) is 2.34. The second kappa shape index (κ2) is 5.90. The standard InChI is InChI=1S/C12H7Br2ClN2O2/c13-6-1-2-10(8(14)3-6)17-11-4-7(12(18)19)9(15)5-16-11/h1-5H,(H,16,17)(H,18,19). The largest absolute Gasteiger partial charge is 0.478 e. The third-order valence-electron chi connectivity index (χ3n) is 2.28. The van der Waals surface area contributed by atoms with Gasteiger partial charge in [0.2, 0.25) is 0 Å². The molecule has 0 saturated heterocycles. The molecule has 0 saturated carbocycles. The van der Waals surface area contributed by atoms with E-state index in [2.05, 4.69) is 42.2 Å². The van der Waals surface area contributed by atoms with Crippen LogP contribution in [0.3, 0.4) is 0 Å². The van der Waals surface area contributed by atoms with Crippen LogP contribution >= 0.6 is 43.5 Å². The number of pyridine rings is 1. The molecule has 0 aliphatic heterocycles. The SMILES string of the molecule is O=C(O)c1cc(Nc2ccc(Br)cc2Br)ncc1Cl. The van der Waals surface area contributed by atoms with Crippen molar-refractivity contribution in [3.05, 3.63) is 50.0 Å². The van der Waals surface area contributed by atoms with Crippen LogP contribution < -0.4 is 5.32 Å². The number of nitrogens with zero attached hydrogens (tertiary/aromatic N) is 1. The molecule has 1 aromatic carbocycles. The van der Waals surface area contributed by atoms with Crippen LogP contribution in [0.5, 0.6) is 0 Å². The van der Waals surface area contributed by atoms with Crippen molar-refractivity contribution in [2.45, 2.75) is 0 Å². The van der Waals surface area contributed by atoms with Crippen molar-refractivity contribution in [2.75, 3.05) is 5.32 Å². The molecule has 2 rings (SSSR count). The monoisotopic (exact) mass is 404 g/mol. The van der Waals surface area contributed by atoms with E-state index in [1.54, 1.807) is 0 Å². The normalized spacial score (nSPS) is 10.3. The van der Waals surface area contributed by atoms with Gasteiger partial charge < -0.3 is 10.4 Å². The van der Waals surface area contributed by atoms with Gasteiger partial charge in [-0.25, -0.2) is 9.78 Å². The number of hydrogen-bond acceptors (Lipinski definition) is 3.